The minimum atomic E-state index is 0.894. The van der Waals surface area contributed by atoms with E-state index >= 15 is 0 Å². The molecule has 0 saturated heterocycles. The van der Waals surface area contributed by atoms with Crippen molar-refractivity contribution in [3.05, 3.63) is 53.1 Å². The fourth-order valence-electron chi connectivity index (χ4n) is 2.72. The maximum atomic E-state index is 5.89. The Balaban J connectivity index is 1.80. The number of nitrogens with two attached hydrogens (primary N) is 1. The molecule has 1 heteroatoms. The molecule has 0 amide bonds. The molecule has 0 atom stereocenters. The van der Waals surface area contributed by atoms with Gasteiger partial charge in [0.15, 0.2) is 0 Å². The smallest absolute Gasteiger partial charge is 0.0316 e. The first kappa shape index (κ1) is 13.9. The number of hydrogen-bond donors (Lipinski definition) is 1. The first-order chi connectivity index (χ1) is 9.29. The Labute approximate surface area is 117 Å². The summed E-state index contributed by atoms with van der Waals surface area (Å²) in [4.78, 5) is 0. The molecule has 0 heterocycles. The molecular weight excluding hydrogens is 230 g/mol. The Hall–Kier alpha value is -1.50. The molecule has 1 aromatic carbocycles. The quantitative estimate of drug-likeness (QED) is 0.572. The molecule has 0 aliphatic heterocycles. The lowest BCUT2D eigenvalue weighted by Crippen LogP contribution is -1.96. The molecule has 0 fully saturated rings. The second kappa shape index (κ2) is 7.18. The SMILES string of the molecule is CCc1ccc(N)cc1CCCCC1=CCCC=C1. The first-order valence-corrected chi connectivity index (χ1v) is 7.52. The lowest BCUT2D eigenvalue weighted by atomic mass is 9.97. The van der Waals surface area contributed by atoms with E-state index in [9.17, 15) is 0 Å². The van der Waals surface area contributed by atoms with E-state index in [0.717, 1.165) is 18.5 Å². The predicted octanol–water partition coefficient (Wildman–Crippen LogP) is 4.82. The molecule has 19 heavy (non-hydrogen) atoms. The Morgan fingerprint density at radius 1 is 1.05 bits per heavy atom. The zero-order valence-corrected chi connectivity index (χ0v) is 12.0. The van der Waals surface area contributed by atoms with Gasteiger partial charge in [0.2, 0.25) is 0 Å². The summed E-state index contributed by atoms with van der Waals surface area (Å²) in [5.74, 6) is 0. The van der Waals surface area contributed by atoms with E-state index < -0.39 is 0 Å². The van der Waals surface area contributed by atoms with Gasteiger partial charge >= 0.3 is 0 Å². The molecule has 0 unspecified atom stereocenters. The van der Waals surface area contributed by atoms with Crippen molar-refractivity contribution in [3.8, 4) is 0 Å². The minimum absolute atomic E-state index is 0.894. The number of aryl methyl sites for hydroxylation is 2. The van der Waals surface area contributed by atoms with E-state index in [2.05, 4.69) is 37.3 Å². The van der Waals surface area contributed by atoms with E-state index in [0.29, 0.717) is 0 Å². The summed E-state index contributed by atoms with van der Waals surface area (Å²) in [6, 6.07) is 6.34. The summed E-state index contributed by atoms with van der Waals surface area (Å²) in [5.41, 5.74) is 11.2. The Morgan fingerprint density at radius 3 is 2.63 bits per heavy atom. The molecule has 0 aromatic heterocycles. The summed E-state index contributed by atoms with van der Waals surface area (Å²) in [7, 11) is 0. The van der Waals surface area contributed by atoms with E-state index in [1.165, 1.54) is 48.8 Å². The topological polar surface area (TPSA) is 26.0 Å². The second-order valence-electron chi connectivity index (χ2n) is 5.35. The van der Waals surface area contributed by atoms with E-state index in [4.69, 9.17) is 5.73 Å². The average Bonchev–Trinajstić information content (AvgIpc) is 2.45. The Bertz CT molecular complexity index is 469. The number of rotatable bonds is 6. The van der Waals surface area contributed by atoms with Crippen LogP contribution in [0.4, 0.5) is 5.69 Å². The molecule has 0 saturated carbocycles. The highest BCUT2D eigenvalue weighted by molar-refractivity contribution is 5.44. The van der Waals surface area contributed by atoms with Crippen molar-refractivity contribution in [2.45, 2.75) is 51.9 Å². The van der Waals surface area contributed by atoms with Crippen LogP contribution in [0, 0.1) is 0 Å². The van der Waals surface area contributed by atoms with E-state index in [-0.39, 0.29) is 0 Å². The molecule has 2 rings (SSSR count). The van der Waals surface area contributed by atoms with Crippen LogP contribution in [0.15, 0.2) is 42.0 Å². The molecule has 1 nitrogen and oxygen atoms in total. The van der Waals surface area contributed by atoms with Gasteiger partial charge in [0.1, 0.15) is 0 Å². The van der Waals surface area contributed by atoms with E-state index in [1.807, 2.05) is 6.07 Å². The van der Waals surface area contributed by atoms with Crippen LogP contribution in [0.2, 0.25) is 0 Å². The third kappa shape index (κ3) is 4.27. The summed E-state index contributed by atoms with van der Waals surface area (Å²) >= 11 is 0. The monoisotopic (exact) mass is 255 g/mol. The number of nitrogen functional groups attached to an aromatic ring is 1. The minimum Gasteiger partial charge on any atom is -0.399 e. The predicted molar refractivity (Wildman–Crippen MR) is 84.2 cm³/mol. The molecule has 0 radical (unpaired) electrons. The Kier molecular flexibility index (Phi) is 5.26. The van der Waals surface area contributed by atoms with Crippen LogP contribution in [0.25, 0.3) is 0 Å². The van der Waals surface area contributed by atoms with Gasteiger partial charge in [0, 0.05) is 5.69 Å². The molecule has 1 aromatic rings. The number of allylic oxidation sites excluding steroid dienone is 4. The van der Waals surface area contributed by atoms with Crippen molar-refractivity contribution in [2.75, 3.05) is 5.73 Å². The lowest BCUT2D eigenvalue weighted by Gasteiger charge is -2.10. The first-order valence-electron chi connectivity index (χ1n) is 7.52. The maximum absolute atomic E-state index is 5.89. The van der Waals surface area contributed by atoms with Crippen LogP contribution in [-0.4, -0.2) is 0 Å². The van der Waals surface area contributed by atoms with Crippen molar-refractivity contribution >= 4 is 5.69 Å². The number of unbranched alkanes of at least 4 members (excludes halogenated alkanes) is 1. The van der Waals surface area contributed by atoms with Crippen LogP contribution >= 0.6 is 0 Å². The van der Waals surface area contributed by atoms with Gasteiger partial charge in [-0.3, -0.25) is 0 Å². The van der Waals surface area contributed by atoms with Crippen LogP contribution in [0.5, 0.6) is 0 Å². The molecule has 1 aliphatic carbocycles. The fraction of sp³-hybridized carbons (Fsp3) is 0.444. The van der Waals surface area contributed by atoms with E-state index in [1.54, 1.807) is 0 Å². The zero-order valence-electron chi connectivity index (χ0n) is 12.0. The molecule has 102 valence electrons. The van der Waals surface area contributed by atoms with Gasteiger partial charge in [-0.05, 0) is 68.2 Å². The molecule has 1 aliphatic rings. The third-order valence-corrected chi connectivity index (χ3v) is 3.84. The summed E-state index contributed by atoms with van der Waals surface area (Å²) in [6.07, 6.45) is 15.4. The fourth-order valence-corrected chi connectivity index (χ4v) is 2.72. The molecule has 2 N–H and O–H groups in total. The average molecular weight is 255 g/mol. The van der Waals surface area contributed by atoms with Crippen LogP contribution in [0.1, 0.15) is 50.2 Å². The van der Waals surface area contributed by atoms with Crippen molar-refractivity contribution < 1.29 is 0 Å². The summed E-state index contributed by atoms with van der Waals surface area (Å²) < 4.78 is 0. The van der Waals surface area contributed by atoms with Gasteiger partial charge in [-0.1, -0.05) is 36.8 Å². The third-order valence-electron chi connectivity index (χ3n) is 3.84. The number of hydrogen-bond acceptors (Lipinski definition) is 1. The zero-order chi connectivity index (χ0) is 13.5. The summed E-state index contributed by atoms with van der Waals surface area (Å²) in [5, 5.41) is 0. The number of anilines is 1. The van der Waals surface area contributed by atoms with Crippen molar-refractivity contribution in [3.63, 3.8) is 0 Å². The van der Waals surface area contributed by atoms with Gasteiger partial charge in [0.25, 0.3) is 0 Å². The van der Waals surface area contributed by atoms with Gasteiger partial charge < -0.3 is 5.73 Å². The van der Waals surface area contributed by atoms with Crippen molar-refractivity contribution in [2.24, 2.45) is 0 Å². The molecule has 0 spiro atoms. The van der Waals surface area contributed by atoms with Crippen LogP contribution < -0.4 is 5.73 Å². The highest BCUT2D eigenvalue weighted by Gasteiger charge is 2.02. The standard InChI is InChI=1S/C18H25N/c1-2-16-12-13-18(19)14-17(16)11-7-6-10-15-8-4-3-5-9-15/h4,8-9,12-14H,2-3,5-7,10-11,19H2,1H3. The normalized spacial score (nSPS) is 14.5. The van der Waals surface area contributed by atoms with Crippen molar-refractivity contribution in [1.29, 1.82) is 0 Å². The highest BCUT2D eigenvalue weighted by Crippen LogP contribution is 2.20. The van der Waals surface area contributed by atoms with Crippen LogP contribution in [0.3, 0.4) is 0 Å². The second-order valence-corrected chi connectivity index (χ2v) is 5.35. The lowest BCUT2D eigenvalue weighted by molar-refractivity contribution is 0.727. The van der Waals surface area contributed by atoms with Gasteiger partial charge in [-0.15, -0.1) is 0 Å². The highest BCUT2D eigenvalue weighted by atomic mass is 14.5. The van der Waals surface area contributed by atoms with Gasteiger partial charge in [0.05, 0.1) is 0 Å². The number of benzene rings is 1. The largest absolute Gasteiger partial charge is 0.399 e. The Morgan fingerprint density at radius 2 is 1.89 bits per heavy atom. The maximum Gasteiger partial charge on any atom is 0.0316 e. The molecule has 0 bridgehead atoms. The van der Waals surface area contributed by atoms with Crippen molar-refractivity contribution in [1.82, 2.24) is 0 Å². The summed E-state index contributed by atoms with van der Waals surface area (Å²) in [6.45, 7) is 2.21. The van der Waals surface area contributed by atoms with Gasteiger partial charge in [-0.2, -0.15) is 0 Å². The molecular formula is C18H25N. The van der Waals surface area contributed by atoms with Gasteiger partial charge in [-0.25, -0.2) is 0 Å². The van der Waals surface area contributed by atoms with Crippen LogP contribution in [-0.2, 0) is 12.8 Å².